The van der Waals surface area contributed by atoms with Gasteiger partial charge in [-0.05, 0) is 50.8 Å². The Bertz CT molecular complexity index is 741. The van der Waals surface area contributed by atoms with E-state index in [2.05, 4.69) is 4.98 Å². The van der Waals surface area contributed by atoms with Crippen molar-refractivity contribution < 1.29 is 22.4 Å². The summed E-state index contributed by atoms with van der Waals surface area (Å²) in [4.78, 5) is 17.7. The number of nitrogens with zero attached hydrogens (tertiary/aromatic N) is 2. The van der Waals surface area contributed by atoms with Crippen molar-refractivity contribution in [2.24, 2.45) is 5.92 Å². The maximum atomic E-state index is 13.8. The molecule has 1 aromatic heterocycles. The van der Waals surface area contributed by atoms with Crippen molar-refractivity contribution in [2.75, 3.05) is 13.1 Å². The zero-order valence-electron chi connectivity index (χ0n) is 14.4. The van der Waals surface area contributed by atoms with Gasteiger partial charge in [0.25, 0.3) is 5.89 Å². The first-order valence-electron chi connectivity index (χ1n) is 8.81. The zero-order chi connectivity index (χ0) is 18.5. The average molecular weight is 366 g/mol. The van der Waals surface area contributed by atoms with Crippen LogP contribution in [0, 0.1) is 23.4 Å². The van der Waals surface area contributed by atoms with E-state index in [-0.39, 0.29) is 23.8 Å². The second-order valence-electron chi connectivity index (χ2n) is 6.73. The van der Waals surface area contributed by atoms with Crippen LogP contribution in [0.3, 0.4) is 0 Å². The first-order valence-corrected chi connectivity index (χ1v) is 8.81. The van der Waals surface area contributed by atoms with Crippen LogP contribution in [-0.2, 0) is 6.54 Å². The lowest BCUT2D eigenvalue weighted by Gasteiger charge is -2.32. The Morgan fingerprint density at radius 1 is 1.23 bits per heavy atom. The van der Waals surface area contributed by atoms with Crippen molar-refractivity contribution in [1.82, 2.24) is 9.88 Å². The lowest BCUT2D eigenvalue weighted by molar-refractivity contribution is 0.0940. The van der Waals surface area contributed by atoms with Crippen molar-refractivity contribution in [3.05, 3.63) is 53.5 Å². The van der Waals surface area contributed by atoms with Crippen molar-refractivity contribution in [3.63, 3.8) is 0 Å². The molecule has 2 aromatic rings. The fourth-order valence-electron chi connectivity index (χ4n) is 3.42. The van der Waals surface area contributed by atoms with Crippen molar-refractivity contribution >= 4 is 5.78 Å². The van der Waals surface area contributed by atoms with Gasteiger partial charge in [0.1, 0.15) is 12.1 Å². The van der Waals surface area contributed by atoms with E-state index in [1.807, 2.05) is 4.90 Å². The van der Waals surface area contributed by atoms with Gasteiger partial charge in [-0.2, -0.15) is 0 Å². The summed E-state index contributed by atoms with van der Waals surface area (Å²) in [5.74, 6) is -2.31. The third-order valence-corrected chi connectivity index (χ3v) is 4.86. The summed E-state index contributed by atoms with van der Waals surface area (Å²) in [7, 11) is 0. The second kappa shape index (κ2) is 8.49. The molecule has 0 saturated carbocycles. The van der Waals surface area contributed by atoms with E-state index in [0.29, 0.717) is 18.4 Å². The summed E-state index contributed by atoms with van der Waals surface area (Å²) in [5, 5.41) is 0. The molecule has 4 nitrogen and oxygen atoms in total. The largest absolute Gasteiger partial charge is 0.442 e. The van der Waals surface area contributed by atoms with Gasteiger partial charge in [0.15, 0.2) is 11.6 Å². The molecule has 140 valence electrons. The molecule has 0 radical (unpaired) electrons. The predicted molar refractivity (Wildman–Crippen MR) is 89.0 cm³/mol. The number of hydrogen-bond acceptors (Lipinski definition) is 4. The number of aromatic nitrogens is 1. The lowest BCUT2D eigenvalue weighted by atomic mass is 9.91. The first kappa shape index (κ1) is 18.6. The highest BCUT2D eigenvalue weighted by Gasteiger charge is 2.22. The smallest absolute Gasteiger partial charge is 0.263 e. The van der Waals surface area contributed by atoms with Crippen LogP contribution in [0.1, 0.15) is 48.4 Å². The maximum Gasteiger partial charge on any atom is 0.263 e. The third kappa shape index (κ3) is 4.72. The highest BCUT2D eigenvalue weighted by Crippen LogP contribution is 2.25. The van der Waals surface area contributed by atoms with E-state index in [1.54, 1.807) is 0 Å². The van der Waals surface area contributed by atoms with E-state index in [9.17, 15) is 18.0 Å². The molecule has 1 aliphatic rings. The molecule has 0 spiro atoms. The summed E-state index contributed by atoms with van der Waals surface area (Å²) in [6.45, 7) is 1.70. The Kier molecular flexibility index (Phi) is 6.08. The molecule has 0 aliphatic carbocycles. The first-order chi connectivity index (χ1) is 12.5. The Balaban J connectivity index is 1.41. The van der Waals surface area contributed by atoms with Crippen molar-refractivity contribution in [3.8, 4) is 0 Å². The number of carbonyl (C=O) groups excluding carboxylic acids is 1. The van der Waals surface area contributed by atoms with Crippen molar-refractivity contribution in [2.45, 2.75) is 38.6 Å². The molecule has 0 atom stereocenters. The molecule has 2 heterocycles. The molecule has 1 aliphatic heterocycles. The van der Waals surface area contributed by atoms with Crippen LogP contribution in [-0.4, -0.2) is 28.8 Å². The summed E-state index contributed by atoms with van der Waals surface area (Å²) >= 11 is 0. The Hall–Kier alpha value is -2.15. The van der Waals surface area contributed by atoms with Crippen LogP contribution in [0.4, 0.5) is 13.2 Å². The van der Waals surface area contributed by atoms with Gasteiger partial charge in [0.2, 0.25) is 5.78 Å². The van der Waals surface area contributed by atoms with Gasteiger partial charge < -0.3 is 4.42 Å². The number of Topliss-reactive ketones (excluding diaryl/α,β-unsaturated/α-hetero) is 1. The van der Waals surface area contributed by atoms with Gasteiger partial charge in [0.05, 0.1) is 6.20 Å². The molecule has 1 saturated heterocycles. The molecule has 0 unspecified atom stereocenters. The van der Waals surface area contributed by atoms with Crippen LogP contribution < -0.4 is 0 Å². The third-order valence-electron chi connectivity index (χ3n) is 4.86. The van der Waals surface area contributed by atoms with Crippen molar-refractivity contribution in [1.29, 1.82) is 0 Å². The van der Waals surface area contributed by atoms with Gasteiger partial charge in [-0.15, -0.1) is 0 Å². The topological polar surface area (TPSA) is 46.3 Å². The van der Waals surface area contributed by atoms with E-state index in [1.165, 1.54) is 12.5 Å². The van der Waals surface area contributed by atoms with Crippen LogP contribution in [0.5, 0.6) is 0 Å². The summed E-state index contributed by atoms with van der Waals surface area (Å²) in [6.07, 6.45) is 6.80. The van der Waals surface area contributed by atoms with Gasteiger partial charge in [-0.25, -0.2) is 18.2 Å². The van der Waals surface area contributed by atoms with E-state index < -0.39 is 17.5 Å². The number of benzene rings is 1. The highest BCUT2D eigenvalue weighted by atomic mass is 19.2. The highest BCUT2D eigenvalue weighted by molar-refractivity contribution is 5.91. The molecule has 1 aromatic carbocycles. The minimum atomic E-state index is -1.15. The number of rotatable bonds is 7. The number of piperidine rings is 1. The predicted octanol–water partition coefficient (Wildman–Crippen LogP) is 4.36. The van der Waals surface area contributed by atoms with Crippen LogP contribution in [0.25, 0.3) is 0 Å². The Morgan fingerprint density at radius 3 is 2.69 bits per heavy atom. The molecule has 1 fully saturated rings. The minimum Gasteiger partial charge on any atom is -0.442 e. The average Bonchev–Trinajstić information content (AvgIpc) is 3.15. The van der Waals surface area contributed by atoms with Gasteiger partial charge >= 0.3 is 0 Å². The number of halogens is 3. The van der Waals surface area contributed by atoms with Gasteiger partial charge in [0, 0.05) is 24.6 Å². The van der Waals surface area contributed by atoms with Gasteiger partial charge in [-0.3, -0.25) is 9.69 Å². The molecule has 0 amide bonds. The minimum absolute atomic E-state index is 0.0532. The fourth-order valence-corrected chi connectivity index (χ4v) is 3.42. The van der Waals surface area contributed by atoms with Crippen LogP contribution >= 0.6 is 0 Å². The Morgan fingerprint density at radius 2 is 2.00 bits per heavy atom. The van der Waals surface area contributed by atoms with E-state index in [0.717, 1.165) is 44.8 Å². The maximum absolute atomic E-state index is 13.8. The SMILES string of the molecule is O=C(CCCC1CCN(Cc2cc(F)cc(F)c2F)CC1)c1ncco1. The molecular weight excluding hydrogens is 345 g/mol. The van der Waals surface area contributed by atoms with Crippen LogP contribution in [0.2, 0.25) is 0 Å². The zero-order valence-corrected chi connectivity index (χ0v) is 14.4. The van der Waals surface area contributed by atoms with E-state index >= 15 is 0 Å². The molecule has 0 bridgehead atoms. The standard InChI is InChI=1S/C19H21F3N2O2/c20-15-10-14(18(22)16(21)11-15)12-24-7-4-13(5-8-24)2-1-3-17(25)19-23-6-9-26-19/h6,9-11,13H,1-5,7-8,12H2. The normalized spacial score (nSPS) is 16.1. The van der Waals surface area contributed by atoms with Crippen LogP contribution in [0.15, 0.2) is 29.0 Å². The number of ketones is 1. The molecule has 0 N–H and O–H groups in total. The fraction of sp³-hybridized carbons (Fsp3) is 0.474. The number of carbonyl (C=O) groups is 1. The second-order valence-corrected chi connectivity index (χ2v) is 6.73. The summed E-state index contributed by atoms with van der Waals surface area (Å²) in [6, 6.07) is 1.61. The quantitative estimate of drug-likeness (QED) is 0.540. The monoisotopic (exact) mass is 366 g/mol. The molecule has 7 heteroatoms. The molecule has 26 heavy (non-hydrogen) atoms. The van der Waals surface area contributed by atoms with E-state index in [4.69, 9.17) is 4.42 Å². The molecular formula is C19H21F3N2O2. The number of likely N-dealkylation sites (tertiary alicyclic amines) is 1. The summed E-state index contributed by atoms with van der Waals surface area (Å²) in [5.41, 5.74) is 0.0532. The van der Waals surface area contributed by atoms with Gasteiger partial charge in [-0.1, -0.05) is 0 Å². The lowest BCUT2D eigenvalue weighted by Crippen LogP contribution is -2.33. The Labute approximate surface area is 150 Å². The summed E-state index contributed by atoms with van der Waals surface area (Å²) < 4.78 is 45.3. The number of hydrogen-bond donors (Lipinski definition) is 0. The molecule has 3 rings (SSSR count). The number of oxazole rings is 1.